The molecule has 0 spiro atoms. The van der Waals surface area contributed by atoms with E-state index in [-0.39, 0.29) is 0 Å². The van der Waals surface area contributed by atoms with Crippen molar-refractivity contribution in [2.75, 3.05) is 0 Å². The Balaban J connectivity index is 1.12. The maximum atomic E-state index is 6.30. The number of para-hydroxylation sites is 4. The number of aromatic nitrogens is 4. The van der Waals surface area contributed by atoms with Gasteiger partial charge in [0.2, 0.25) is 0 Å². The largest absolute Gasteiger partial charge is 0.456 e. The van der Waals surface area contributed by atoms with Crippen LogP contribution in [0.25, 0.3) is 110 Å². The van der Waals surface area contributed by atoms with E-state index in [2.05, 4.69) is 167 Å². The van der Waals surface area contributed by atoms with E-state index in [1.165, 1.54) is 38.1 Å². The van der Waals surface area contributed by atoms with Crippen LogP contribution in [-0.2, 0) is 0 Å². The molecule has 0 aliphatic rings. The van der Waals surface area contributed by atoms with Crippen LogP contribution in [0.4, 0.5) is 0 Å². The monoisotopic (exact) mass is 702 g/mol. The van der Waals surface area contributed by atoms with Gasteiger partial charge in [-0.3, -0.25) is 0 Å². The lowest BCUT2D eigenvalue weighted by molar-refractivity contribution is 0.669. The van der Waals surface area contributed by atoms with Crippen molar-refractivity contribution in [3.63, 3.8) is 0 Å². The predicted octanol–water partition coefficient (Wildman–Crippen LogP) is 13.1. The Morgan fingerprint density at radius 3 is 1.58 bits per heavy atom. The van der Waals surface area contributed by atoms with Crippen LogP contribution in [-0.4, -0.2) is 19.1 Å². The van der Waals surface area contributed by atoms with Gasteiger partial charge < -0.3 is 13.6 Å². The van der Waals surface area contributed by atoms with Gasteiger partial charge in [-0.05, 0) is 66.7 Å². The highest BCUT2D eigenvalue weighted by Crippen LogP contribution is 2.42. The SMILES string of the molecule is c1ccc(-c2nc(-c3ccc(-n4c5ccccc5c5ccc6c7ccccc7n(-c7ccccc7)c6c54)cc3)nc3c2ccc2oc4ccccc4c23)cc1. The molecule has 0 saturated heterocycles. The molecule has 0 amide bonds. The summed E-state index contributed by atoms with van der Waals surface area (Å²) in [5, 5.41) is 7.94. The van der Waals surface area contributed by atoms with Crippen LogP contribution in [0.5, 0.6) is 0 Å². The molecule has 0 unspecified atom stereocenters. The average Bonchev–Trinajstić information content (AvgIpc) is 3.92. The fourth-order valence-electron chi connectivity index (χ4n) is 8.72. The van der Waals surface area contributed by atoms with Crippen LogP contribution < -0.4 is 0 Å². The van der Waals surface area contributed by atoms with Crippen LogP contribution in [0.2, 0.25) is 0 Å². The molecule has 0 N–H and O–H groups in total. The first kappa shape index (κ1) is 30.0. The molecule has 0 aliphatic carbocycles. The first-order chi connectivity index (χ1) is 27.3. The van der Waals surface area contributed by atoms with E-state index in [9.17, 15) is 0 Å². The molecule has 12 rings (SSSR count). The molecule has 0 aliphatic heterocycles. The summed E-state index contributed by atoms with van der Waals surface area (Å²) in [6, 6.07) is 64.2. The van der Waals surface area contributed by atoms with E-state index in [4.69, 9.17) is 14.4 Å². The highest BCUT2D eigenvalue weighted by atomic mass is 16.3. The molecule has 12 aromatic rings. The number of rotatable bonds is 4. The molecule has 0 bridgehead atoms. The van der Waals surface area contributed by atoms with Crippen molar-refractivity contribution >= 4 is 76.5 Å². The third kappa shape index (κ3) is 4.35. The summed E-state index contributed by atoms with van der Waals surface area (Å²) in [6.07, 6.45) is 0. The van der Waals surface area contributed by atoms with Crippen molar-refractivity contribution in [1.29, 1.82) is 0 Å². The first-order valence-electron chi connectivity index (χ1n) is 18.6. The molecule has 0 radical (unpaired) electrons. The first-order valence-corrected chi connectivity index (χ1v) is 18.6. The van der Waals surface area contributed by atoms with E-state index in [1.54, 1.807) is 0 Å². The molecule has 5 heteroatoms. The van der Waals surface area contributed by atoms with Crippen molar-refractivity contribution in [3.05, 3.63) is 182 Å². The Morgan fingerprint density at radius 1 is 0.364 bits per heavy atom. The van der Waals surface area contributed by atoms with Gasteiger partial charge in [-0.1, -0.05) is 115 Å². The molecule has 0 fully saturated rings. The standard InChI is InChI=1S/C50H30N4O/c1-3-13-31(14-4-1)46-40-29-30-44-45(39-19-9-12-22-43(39)55-44)47(40)52-50(51-46)32-23-25-34(26-24-32)54-42-21-11-8-18-36(42)38-28-27-37-35-17-7-10-20-41(35)53(48(37)49(38)54)33-15-5-2-6-16-33/h1-30H. The Bertz CT molecular complexity index is 3470. The van der Waals surface area contributed by atoms with Gasteiger partial charge in [-0.2, -0.15) is 0 Å². The molecule has 256 valence electrons. The van der Waals surface area contributed by atoms with Crippen LogP contribution >= 0.6 is 0 Å². The molecule has 0 saturated carbocycles. The van der Waals surface area contributed by atoms with Crippen LogP contribution in [0.1, 0.15) is 0 Å². The lowest BCUT2D eigenvalue weighted by Gasteiger charge is -2.13. The zero-order valence-electron chi connectivity index (χ0n) is 29.5. The van der Waals surface area contributed by atoms with E-state index in [0.717, 1.165) is 66.6 Å². The van der Waals surface area contributed by atoms with Gasteiger partial charge in [0.25, 0.3) is 0 Å². The van der Waals surface area contributed by atoms with Gasteiger partial charge in [0, 0.05) is 54.8 Å². The smallest absolute Gasteiger partial charge is 0.160 e. The minimum atomic E-state index is 0.671. The number of furan rings is 1. The summed E-state index contributed by atoms with van der Waals surface area (Å²) in [6.45, 7) is 0. The Kier molecular flexibility index (Phi) is 6.27. The highest BCUT2D eigenvalue weighted by Gasteiger charge is 2.22. The molecular weight excluding hydrogens is 673 g/mol. The van der Waals surface area contributed by atoms with Gasteiger partial charge >= 0.3 is 0 Å². The van der Waals surface area contributed by atoms with Crippen molar-refractivity contribution in [2.24, 2.45) is 0 Å². The van der Waals surface area contributed by atoms with Crippen molar-refractivity contribution in [2.45, 2.75) is 0 Å². The zero-order chi connectivity index (χ0) is 36.0. The summed E-state index contributed by atoms with van der Waals surface area (Å²) in [4.78, 5) is 10.6. The number of benzene rings is 8. The Morgan fingerprint density at radius 2 is 0.909 bits per heavy atom. The highest BCUT2D eigenvalue weighted by molar-refractivity contribution is 6.24. The Hall–Kier alpha value is -7.50. The van der Waals surface area contributed by atoms with E-state index in [0.29, 0.717) is 5.82 Å². The van der Waals surface area contributed by atoms with Gasteiger partial charge in [0.15, 0.2) is 5.82 Å². The van der Waals surface area contributed by atoms with Crippen LogP contribution in [0.3, 0.4) is 0 Å². The predicted molar refractivity (Wildman–Crippen MR) is 226 cm³/mol. The second-order valence-corrected chi connectivity index (χ2v) is 14.1. The Labute approximate surface area is 315 Å². The van der Waals surface area contributed by atoms with E-state index < -0.39 is 0 Å². The van der Waals surface area contributed by atoms with Gasteiger partial charge in [-0.15, -0.1) is 0 Å². The summed E-state index contributed by atoms with van der Waals surface area (Å²) in [5.74, 6) is 0.671. The third-order valence-corrected chi connectivity index (χ3v) is 11.1. The second kappa shape index (κ2) is 11.5. The molecular formula is C50H30N4O. The molecule has 0 atom stereocenters. The van der Waals surface area contributed by atoms with Crippen molar-refractivity contribution in [1.82, 2.24) is 19.1 Å². The summed E-state index contributed by atoms with van der Waals surface area (Å²) < 4.78 is 11.1. The lowest BCUT2D eigenvalue weighted by Crippen LogP contribution is -1.99. The summed E-state index contributed by atoms with van der Waals surface area (Å²) in [7, 11) is 0. The van der Waals surface area contributed by atoms with Gasteiger partial charge in [0.1, 0.15) is 11.2 Å². The molecule has 8 aromatic carbocycles. The van der Waals surface area contributed by atoms with Gasteiger partial charge in [-0.25, -0.2) is 9.97 Å². The minimum Gasteiger partial charge on any atom is -0.456 e. The molecule has 55 heavy (non-hydrogen) atoms. The lowest BCUT2D eigenvalue weighted by atomic mass is 10.0. The fraction of sp³-hybridized carbons (Fsp3) is 0. The second-order valence-electron chi connectivity index (χ2n) is 14.1. The van der Waals surface area contributed by atoms with E-state index in [1.807, 2.05) is 24.3 Å². The maximum Gasteiger partial charge on any atom is 0.160 e. The van der Waals surface area contributed by atoms with Gasteiger partial charge in [0.05, 0.1) is 38.7 Å². The minimum absolute atomic E-state index is 0.671. The van der Waals surface area contributed by atoms with Crippen LogP contribution in [0, 0.1) is 0 Å². The number of fused-ring (bicyclic) bond motifs is 12. The van der Waals surface area contributed by atoms with Crippen LogP contribution in [0.15, 0.2) is 186 Å². The topological polar surface area (TPSA) is 48.8 Å². The fourth-order valence-corrected chi connectivity index (χ4v) is 8.72. The molecule has 4 heterocycles. The average molecular weight is 703 g/mol. The zero-order valence-corrected chi connectivity index (χ0v) is 29.5. The summed E-state index contributed by atoms with van der Waals surface area (Å²) >= 11 is 0. The van der Waals surface area contributed by atoms with Crippen molar-refractivity contribution in [3.8, 4) is 34.0 Å². The summed E-state index contributed by atoms with van der Waals surface area (Å²) in [5.41, 5.74) is 12.3. The quantitative estimate of drug-likeness (QED) is 0.183. The van der Waals surface area contributed by atoms with E-state index >= 15 is 0 Å². The number of hydrogen-bond acceptors (Lipinski definition) is 3. The molecule has 5 nitrogen and oxygen atoms in total. The molecule has 4 aromatic heterocycles. The maximum absolute atomic E-state index is 6.30. The normalized spacial score (nSPS) is 12.0. The van der Waals surface area contributed by atoms with Crippen molar-refractivity contribution < 1.29 is 4.42 Å². The number of hydrogen-bond donors (Lipinski definition) is 0. The number of nitrogens with zero attached hydrogens (tertiary/aromatic N) is 4. The third-order valence-electron chi connectivity index (χ3n) is 11.1.